The predicted molar refractivity (Wildman–Crippen MR) is 139 cm³/mol. The number of halogens is 5. The number of thiazole rings is 1. The van der Waals surface area contributed by atoms with Gasteiger partial charge in [-0.2, -0.15) is 18.2 Å². The summed E-state index contributed by atoms with van der Waals surface area (Å²) in [5, 5.41) is 4.35. The summed E-state index contributed by atoms with van der Waals surface area (Å²) in [6.07, 6.45) is -4.46. The largest absolute Gasteiger partial charge is 0.416 e. The predicted octanol–water partition coefficient (Wildman–Crippen LogP) is 8.21. The number of nitrogen functional groups attached to an aromatic ring is 1. The molecule has 3 N–H and O–H groups in total. The van der Waals surface area contributed by atoms with Crippen LogP contribution in [0.2, 0.25) is 10.0 Å². The van der Waals surface area contributed by atoms with E-state index in [0.717, 1.165) is 12.1 Å². The number of alkyl halides is 3. The third kappa shape index (κ3) is 4.75. The summed E-state index contributed by atoms with van der Waals surface area (Å²) in [6.45, 7) is 0. The topological polar surface area (TPSA) is 80.0 Å². The van der Waals surface area contributed by atoms with Crippen LogP contribution in [0.5, 0.6) is 0 Å². The fourth-order valence-electron chi connectivity index (χ4n) is 3.53. The van der Waals surface area contributed by atoms with E-state index < -0.39 is 11.7 Å². The van der Waals surface area contributed by atoms with E-state index in [1.165, 1.54) is 23.5 Å². The van der Waals surface area contributed by atoms with Crippen molar-refractivity contribution in [2.24, 2.45) is 0 Å². The minimum atomic E-state index is -4.46. The van der Waals surface area contributed by atoms with Crippen LogP contribution < -0.4 is 16.0 Å². The molecule has 12 heteroatoms. The molecule has 0 fully saturated rings. The molecule has 3 aromatic carbocycles. The molecule has 0 radical (unpaired) electrons. The summed E-state index contributed by atoms with van der Waals surface area (Å²) < 4.78 is 39.5. The number of hydrogen-bond acceptors (Lipinski definition) is 7. The first-order chi connectivity index (χ1) is 17.2. The van der Waals surface area contributed by atoms with Crippen LogP contribution in [0.1, 0.15) is 5.56 Å². The lowest BCUT2D eigenvalue weighted by Gasteiger charge is -2.24. The summed E-state index contributed by atoms with van der Waals surface area (Å²) >= 11 is 13.8. The molecule has 0 aliphatic rings. The maximum absolute atomic E-state index is 13.2. The van der Waals surface area contributed by atoms with Crippen LogP contribution in [0.25, 0.3) is 10.3 Å². The molecule has 6 nitrogen and oxygen atoms in total. The number of anilines is 6. The Morgan fingerprint density at radius 2 is 1.44 bits per heavy atom. The van der Waals surface area contributed by atoms with Crippen molar-refractivity contribution in [3.63, 3.8) is 0 Å². The molecule has 0 aliphatic heterocycles. The maximum atomic E-state index is 13.2. The highest BCUT2D eigenvalue weighted by Crippen LogP contribution is 2.41. The van der Waals surface area contributed by atoms with Gasteiger partial charge in [-0.3, -0.25) is 4.90 Å². The van der Waals surface area contributed by atoms with E-state index in [4.69, 9.17) is 28.9 Å². The normalized spacial score (nSPS) is 11.6. The lowest BCUT2D eigenvalue weighted by molar-refractivity contribution is -0.137. The van der Waals surface area contributed by atoms with Crippen molar-refractivity contribution in [2.75, 3.05) is 16.0 Å². The molecule has 0 atom stereocenters. The van der Waals surface area contributed by atoms with Gasteiger partial charge in [0, 0.05) is 11.4 Å². The van der Waals surface area contributed by atoms with Crippen LogP contribution in [0.15, 0.2) is 72.8 Å². The molecule has 0 saturated carbocycles. The van der Waals surface area contributed by atoms with Gasteiger partial charge in [-0.25, -0.2) is 9.97 Å². The van der Waals surface area contributed by atoms with E-state index in [0.29, 0.717) is 48.4 Å². The Balaban J connectivity index is 1.66. The van der Waals surface area contributed by atoms with Gasteiger partial charge in [-0.05, 0) is 48.5 Å². The van der Waals surface area contributed by atoms with E-state index in [-0.39, 0.29) is 5.95 Å². The van der Waals surface area contributed by atoms with Crippen LogP contribution in [0.3, 0.4) is 0 Å². The van der Waals surface area contributed by atoms with Gasteiger partial charge < -0.3 is 11.1 Å². The van der Waals surface area contributed by atoms with Gasteiger partial charge in [0.05, 0.1) is 21.3 Å². The monoisotopic (exact) mass is 546 g/mol. The van der Waals surface area contributed by atoms with Gasteiger partial charge in [0.1, 0.15) is 5.52 Å². The number of fused-ring (bicyclic) bond motifs is 1. The second-order valence-electron chi connectivity index (χ2n) is 7.52. The number of para-hydroxylation sites is 2. The van der Waals surface area contributed by atoms with Crippen molar-refractivity contribution in [1.29, 1.82) is 0 Å². The van der Waals surface area contributed by atoms with E-state index in [1.807, 2.05) is 18.2 Å². The smallest absolute Gasteiger partial charge is 0.368 e. The van der Waals surface area contributed by atoms with E-state index in [9.17, 15) is 13.2 Å². The Kier molecular flexibility index (Phi) is 6.33. The lowest BCUT2D eigenvalue weighted by atomic mass is 10.1. The van der Waals surface area contributed by atoms with Gasteiger partial charge in [-0.15, -0.1) is 0 Å². The van der Waals surface area contributed by atoms with E-state index in [1.54, 1.807) is 35.2 Å². The quantitative estimate of drug-likeness (QED) is 0.231. The number of hydrogen-bond donors (Lipinski definition) is 2. The molecule has 0 spiro atoms. The van der Waals surface area contributed by atoms with E-state index >= 15 is 0 Å². The summed E-state index contributed by atoms with van der Waals surface area (Å²) in [4.78, 5) is 15.5. The Labute approximate surface area is 217 Å². The minimum absolute atomic E-state index is 0.0173. The Hall–Kier alpha value is -3.60. The first-order valence-electron chi connectivity index (χ1n) is 10.4. The molecular weight excluding hydrogens is 532 g/mol. The molecule has 2 aromatic heterocycles. The Bertz CT molecular complexity index is 1520. The van der Waals surface area contributed by atoms with Crippen LogP contribution in [-0.4, -0.2) is 15.0 Å². The molecule has 182 valence electrons. The zero-order valence-electron chi connectivity index (χ0n) is 18.1. The second-order valence-corrected chi connectivity index (χ2v) is 9.31. The fraction of sp³-hybridized carbons (Fsp3) is 0.0417. The molecule has 2 heterocycles. The first-order valence-corrected chi connectivity index (χ1v) is 12.0. The first kappa shape index (κ1) is 24.1. The van der Waals surface area contributed by atoms with Crippen molar-refractivity contribution in [1.82, 2.24) is 15.0 Å². The van der Waals surface area contributed by atoms with Crippen LogP contribution >= 0.6 is 34.5 Å². The van der Waals surface area contributed by atoms with Crippen molar-refractivity contribution < 1.29 is 13.2 Å². The number of benzene rings is 3. The molecule has 0 saturated heterocycles. The van der Waals surface area contributed by atoms with Gasteiger partial charge >= 0.3 is 6.18 Å². The lowest BCUT2D eigenvalue weighted by Crippen LogP contribution is -2.14. The third-order valence-corrected chi connectivity index (χ3v) is 6.63. The second kappa shape index (κ2) is 9.45. The third-order valence-electron chi connectivity index (χ3n) is 5.13. The van der Waals surface area contributed by atoms with Crippen molar-refractivity contribution >= 4 is 78.8 Å². The Morgan fingerprint density at radius 1 is 0.806 bits per heavy atom. The van der Waals surface area contributed by atoms with Crippen molar-refractivity contribution in [3.05, 3.63) is 88.4 Å². The summed E-state index contributed by atoms with van der Waals surface area (Å²) in [7, 11) is 0. The SMILES string of the molecule is Nc1nc(N(c2ccccc2)c2ccc(C(F)(F)F)cc2)c2nc(Nc3c(Cl)cccc3Cl)sc2n1. The highest BCUT2D eigenvalue weighted by Gasteiger charge is 2.30. The van der Waals surface area contributed by atoms with Gasteiger partial charge in [0.25, 0.3) is 0 Å². The Morgan fingerprint density at radius 3 is 2.08 bits per heavy atom. The highest BCUT2D eigenvalue weighted by atomic mass is 35.5. The molecule has 0 aliphatic carbocycles. The summed E-state index contributed by atoms with van der Waals surface area (Å²) in [5.41, 5.74) is 7.22. The zero-order valence-corrected chi connectivity index (χ0v) is 20.4. The number of nitrogens with zero attached hydrogens (tertiary/aromatic N) is 4. The fourth-order valence-corrected chi connectivity index (χ4v) is 4.87. The number of nitrogens with two attached hydrogens (primary N) is 1. The van der Waals surface area contributed by atoms with E-state index in [2.05, 4.69) is 20.3 Å². The number of aromatic nitrogens is 3. The minimum Gasteiger partial charge on any atom is -0.368 e. The number of rotatable bonds is 5. The molecular formula is C24H15Cl2F3N6S. The van der Waals surface area contributed by atoms with Gasteiger partial charge in [-0.1, -0.05) is 58.8 Å². The summed E-state index contributed by atoms with van der Waals surface area (Å²) in [6, 6.07) is 18.9. The van der Waals surface area contributed by atoms with Gasteiger partial charge in [0.2, 0.25) is 5.95 Å². The van der Waals surface area contributed by atoms with Crippen LogP contribution in [0, 0.1) is 0 Å². The average molecular weight is 547 g/mol. The maximum Gasteiger partial charge on any atom is 0.416 e. The van der Waals surface area contributed by atoms with Gasteiger partial charge in [0.15, 0.2) is 15.8 Å². The van der Waals surface area contributed by atoms with Crippen LogP contribution in [-0.2, 0) is 6.18 Å². The molecule has 0 amide bonds. The van der Waals surface area contributed by atoms with Crippen molar-refractivity contribution in [3.8, 4) is 0 Å². The zero-order chi connectivity index (χ0) is 25.4. The molecule has 36 heavy (non-hydrogen) atoms. The molecule has 5 rings (SSSR count). The molecule has 5 aromatic rings. The van der Waals surface area contributed by atoms with Crippen LogP contribution in [0.4, 0.5) is 47.1 Å². The highest BCUT2D eigenvalue weighted by molar-refractivity contribution is 7.22. The molecule has 0 unspecified atom stereocenters. The number of nitrogens with one attached hydrogen (secondary N) is 1. The summed E-state index contributed by atoms with van der Waals surface area (Å²) in [5.74, 6) is 0.286. The standard InChI is InChI=1S/C24H15Cl2F3N6S/c25-16-7-4-8-17(26)18(16)31-23-32-19-20(33-22(30)34-21(19)36-23)35(14-5-2-1-3-6-14)15-11-9-13(10-12-15)24(27,28)29/h1-12H,(H,31,32)(H2,30,33,34). The molecule has 0 bridgehead atoms. The average Bonchev–Trinajstić information content (AvgIpc) is 3.25. The van der Waals surface area contributed by atoms with Crippen molar-refractivity contribution in [2.45, 2.75) is 6.18 Å².